The topological polar surface area (TPSA) is 97.2 Å². The molecule has 0 aliphatic heterocycles. The molecule has 2 aromatic carbocycles. The van der Waals surface area contributed by atoms with E-state index in [-0.39, 0.29) is 5.75 Å². The Morgan fingerprint density at radius 1 is 1.30 bits per heavy atom. The molecule has 0 aromatic heterocycles. The number of carbonyl (C=O) groups excluding carboxylic acids is 1. The lowest BCUT2D eigenvalue weighted by atomic mass is 10.2. The van der Waals surface area contributed by atoms with Crippen LogP contribution >= 0.6 is 27.5 Å². The lowest BCUT2D eigenvalue weighted by molar-refractivity contribution is -0.139. The van der Waals surface area contributed by atoms with Crippen molar-refractivity contribution in [3.8, 4) is 11.5 Å². The summed E-state index contributed by atoms with van der Waals surface area (Å²) in [5.41, 5.74) is 3.40. The predicted octanol–water partition coefficient (Wildman–Crippen LogP) is 3.73. The van der Waals surface area contributed by atoms with Crippen molar-refractivity contribution >= 4 is 45.6 Å². The summed E-state index contributed by atoms with van der Waals surface area (Å²) in [6.07, 6.45) is 1.43. The maximum Gasteiger partial charge on any atom is 0.341 e. The number of ether oxygens (including phenoxy) is 2. The van der Waals surface area contributed by atoms with E-state index in [0.29, 0.717) is 33.0 Å². The van der Waals surface area contributed by atoms with Crippen molar-refractivity contribution in [1.82, 2.24) is 5.43 Å². The Labute approximate surface area is 169 Å². The molecule has 0 fully saturated rings. The van der Waals surface area contributed by atoms with Gasteiger partial charge in [0.15, 0.2) is 18.1 Å². The van der Waals surface area contributed by atoms with E-state index < -0.39 is 18.5 Å². The minimum Gasteiger partial charge on any atom is -0.490 e. The molecule has 0 bridgehead atoms. The molecule has 1 amide bonds. The number of nitrogens with zero attached hydrogens (tertiary/aromatic N) is 1. The Morgan fingerprint density at radius 2 is 2.07 bits per heavy atom. The number of hydrogen-bond donors (Lipinski definition) is 2. The second kappa shape index (κ2) is 9.94. The average Bonchev–Trinajstić information content (AvgIpc) is 2.61. The van der Waals surface area contributed by atoms with Gasteiger partial charge in [-0.2, -0.15) is 5.10 Å². The monoisotopic (exact) mass is 454 g/mol. The molecule has 0 unspecified atom stereocenters. The van der Waals surface area contributed by atoms with Gasteiger partial charge in [-0.05, 0) is 58.7 Å². The maximum absolute atomic E-state index is 12.0. The van der Waals surface area contributed by atoms with E-state index in [2.05, 4.69) is 26.5 Å². The number of amides is 1. The first-order valence-electron chi connectivity index (χ1n) is 7.80. The summed E-state index contributed by atoms with van der Waals surface area (Å²) in [7, 11) is 0. The molecule has 7 nitrogen and oxygen atoms in total. The van der Waals surface area contributed by atoms with Crippen molar-refractivity contribution in [2.75, 3.05) is 13.2 Å². The first-order chi connectivity index (χ1) is 12.9. The smallest absolute Gasteiger partial charge is 0.341 e. The fourth-order valence-electron chi connectivity index (χ4n) is 2.06. The third-order valence-electron chi connectivity index (χ3n) is 3.14. The van der Waals surface area contributed by atoms with Gasteiger partial charge in [-0.15, -0.1) is 0 Å². The largest absolute Gasteiger partial charge is 0.490 e. The predicted molar refractivity (Wildman–Crippen MR) is 105 cm³/mol. The van der Waals surface area contributed by atoms with Crippen LogP contribution in [0.5, 0.6) is 11.5 Å². The van der Waals surface area contributed by atoms with E-state index in [9.17, 15) is 9.59 Å². The van der Waals surface area contributed by atoms with Crippen LogP contribution < -0.4 is 14.9 Å². The Morgan fingerprint density at radius 3 is 2.74 bits per heavy atom. The zero-order valence-corrected chi connectivity index (χ0v) is 16.6. The fourth-order valence-corrected chi connectivity index (χ4v) is 2.82. The average molecular weight is 456 g/mol. The third-order valence-corrected chi connectivity index (χ3v) is 3.96. The number of halogens is 2. The van der Waals surface area contributed by atoms with Crippen LogP contribution in [0.2, 0.25) is 5.02 Å². The van der Waals surface area contributed by atoms with Crippen LogP contribution in [0.1, 0.15) is 22.8 Å². The Bertz CT molecular complexity index is 873. The van der Waals surface area contributed by atoms with Gasteiger partial charge >= 0.3 is 5.97 Å². The molecule has 142 valence electrons. The molecule has 0 aliphatic carbocycles. The van der Waals surface area contributed by atoms with Gasteiger partial charge in [0, 0.05) is 10.6 Å². The molecule has 0 heterocycles. The number of carbonyl (C=O) groups is 2. The number of aliphatic carboxylic acids is 1. The number of benzene rings is 2. The van der Waals surface area contributed by atoms with E-state index in [0.717, 1.165) is 0 Å². The number of hydrogen-bond acceptors (Lipinski definition) is 5. The minimum atomic E-state index is -1.10. The van der Waals surface area contributed by atoms with E-state index in [1.165, 1.54) is 12.3 Å². The highest BCUT2D eigenvalue weighted by Gasteiger charge is 2.13. The maximum atomic E-state index is 12.0. The number of rotatable bonds is 8. The third kappa shape index (κ3) is 6.26. The van der Waals surface area contributed by atoms with Gasteiger partial charge in [0.2, 0.25) is 0 Å². The van der Waals surface area contributed by atoms with Gasteiger partial charge in [0.05, 0.1) is 17.3 Å². The molecular weight excluding hydrogens is 440 g/mol. The number of nitrogens with one attached hydrogen (secondary N) is 1. The molecule has 2 aromatic rings. The first kappa shape index (κ1) is 20.7. The summed E-state index contributed by atoms with van der Waals surface area (Å²) in [5, 5.41) is 13.1. The number of carboxylic acids is 1. The van der Waals surface area contributed by atoms with Crippen molar-refractivity contribution in [1.29, 1.82) is 0 Å². The van der Waals surface area contributed by atoms with E-state index >= 15 is 0 Å². The fraction of sp³-hybridized carbons (Fsp3) is 0.167. The second-order valence-electron chi connectivity index (χ2n) is 5.15. The molecule has 2 rings (SSSR count). The quantitative estimate of drug-likeness (QED) is 0.467. The van der Waals surface area contributed by atoms with Crippen LogP contribution in [0.3, 0.4) is 0 Å². The second-order valence-corrected chi connectivity index (χ2v) is 6.45. The SMILES string of the molecule is CCOc1cc(/C=N\NC(=O)c2cccc(Cl)c2)cc(Br)c1OCC(=O)O. The lowest BCUT2D eigenvalue weighted by Gasteiger charge is -2.13. The van der Waals surface area contributed by atoms with Crippen LogP contribution in [0.25, 0.3) is 0 Å². The van der Waals surface area contributed by atoms with E-state index in [1.54, 1.807) is 37.3 Å². The molecular formula is C18H16BrClN2O5. The molecule has 0 spiro atoms. The van der Waals surface area contributed by atoms with Gasteiger partial charge in [-0.3, -0.25) is 4.79 Å². The van der Waals surface area contributed by atoms with Crippen molar-refractivity contribution in [3.63, 3.8) is 0 Å². The molecule has 0 saturated heterocycles. The molecule has 0 aliphatic rings. The summed E-state index contributed by atoms with van der Waals surface area (Å²) >= 11 is 9.18. The van der Waals surface area contributed by atoms with Crippen LogP contribution in [0.15, 0.2) is 46.0 Å². The Kier molecular flexibility index (Phi) is 7.63. The van der Waals surface area contributed by atoms with Gasteiger partial charge in [-0.25, -0.2) is 10.2 Å². The van der Waals surface area contributed by atoms with Crippen molar-refractivity contribution in [2.45, 2.75) is 6.92 Å². The zero-order chi connectivity index (χ0) is 19.8. The highest BCUT2D eigenvalue weighted by atomic mass is 79.9. The molecule has 27 heavy (non-hydrogen) atoms. The van der Waals surface area contributed by atoms with Gasteiger partial charge in [0.25, 0.3) is 5.91 Å². The van der Waals surface area contributed by atoms with E-state index in [1.807, 2.05) is 0 Å². The molecule has 2 N–H and O–H groups in total. The van der Waals surface area contributed by atoms with E-state index in [4.69, 9.17) is 26.2 Å². The summed E-state index contributed by atoms with van der Waals surface area (Å²) in [6, 6.07) is 9.78. The van der Waals surface area contributed by atoms with Crippen LogP contribution in [0.4, 0.5) is 0 Å². The van der Waals surface area contributed by atoms with Crippen molar-refractivity contribution in [3.05, 3.63) is 57.0 Å². The normalized spacial score (nSPS) is 10.6. The van der Waals surface area contributed by atoms with Crippen LogP contribution in [-0.4, -0.2) is 36.4 Å². The lowest BCUT2D eigenvalue weighted by Crippen LogP contribution is -2.17. The van der Waals surface area contributed by atoms with Gasteiger partial charge in [-0.1, -0.05) is 17.7 Å². The summed E-state index contributed by atoms with van der Waals surface area (Å²) in [4.78, 5) is 22.7. The van der Waals surface area contributed by atoms with Crippen molar-refractivity contribution in [2.24, 2.45) is 5.10 Å². The number of carboxylic acid groups (broad SMARTS) is 1. The van der Waals surface area contributed by atoms with Gasteiger partial charge in [0.1, 0.15) is 0 Å². The first-order valence-corrected chi connectivity index (χ1v) is 8.97. The highest BCUT2D eigenvalue weighted by Crippen LogP contribution is 2.36. The standard InChI is InChI=1S/C18H16BrClN2O5/c1-2-26-15-7-11(6-14(19)17(15)27-10-16(23)24)9-21-22-18(25)12-4-3-5-13(20)8-12/h3-9H,2,10H2,1H3,(H,22,25)(H,23,24)/b21-9-. The summed E-state index contributed by atoms with van der Waals surface area (Å²) in [6.45, 7) is 1.66. The summed E-state index contributed by atoms with van der Waals surface area (Å²) in [5.74, 6) is -0.868. The van der Waals surface area contributed by atoms with Crippen LogP contribution in [0, 0.1) is 0 Å². The molecule has 9 heteroatoms. The highest BCUT2D eigenvalue weighted by molar-refractivity contribution is 9.10. The number of hydrazone groups is 1. The molecule has 0 radical (unpaired) electrons. The minimum absolute atomic E-state index is 0.277. The summed E-state index contributed by atoms with van der Waals surface area (Å²) < 4.78 is 11.2. The Balaban J connectivity index is 2.14. The van der Waals surface area contributed by atoms with Gasteiger partial charge < -0.3 is 14.6 Å². The Hall–Kier alpha value is -2.58. The molecule has 0 saturated carbocycles. The molecule has 0 atom stereocenters. The zero-order valence-electron chi connectivity index (χ0n) is 14.2. The van der Waals surface area contributed by atoms with Crippen LogP contribution in [-0.2, 0) is 4.79 Å². The van der Waals surface area contributed by atoms with Crippen molar-refractivity contribution < 1.29 is 24.2 Å².